The van der Waals surface area contributed by atoms with Gasteiger partial charge in [-0.05, 0) is 24.3 Å². The monoisotopic (exact) mass is 530 g/mol. The van der Waals surface area contributed by atoms with Gasteiger partial charge in [-0.25, -0.2) is 11.8 Å². The van der Waals surface area contributed by atoms with Gasteiger partial charge >= 0.3 is 0 Å². The van der Waals surface area contributed by atoms with Crippen molar-refractivity contribution in [1.29, 1.82) is 0 Å². The van der Waals surface area contributed by atoms with E-state index in [1.807, 2.05) is 0 Å². The van der Waals surface area contributed by atoms with E-state index in [0.717, 1.165) is 16.4 Å². The molecule has 0 atom stereocenters. The Hall–Kier alpha value is -1.60. The standard InChI is InChI=1S/C15H8NO5S2.W/c17-8-22-15(20)12-6-5-9(23-12)7-21-16-13(18)10-3-1-2-4-11(10)14(16)19;/h1-6H,7H2;/q-1;. The Morgan fingerprint density at radius 3 is 2.33 bits per heavy atom. The summed E-state index contributed by atoms with van der Waals surface area (Å²) < 4.78 is 0. The molecule has 2 heterocycles. The minimum Gasteiger partial charge on any atom is -0.530 e. The number of fused-ring (bicyclic) bond motifs is 1. The second-order valence-corrected chi connectivity index (χ2v) is 6.37. The van der Waals surface area contributed by atoms with E-state index in [0.29, 0.717) is 32.6 Å². The second kappa shape index (κ2) is 7.98. The van der Waals surface area contributed by atoms with Crippen LogP contribution in [0.5, 0.6) is 0 Å². The van der Waals surface area contributed by atoms with Crippen LogP contribution in [0.1, 0.15) is 35.3 Å². The molecule has 1 aromatic carbocycles. The number of nitrogens with zero attached hydrogens (tertiary/aromatic N) is 1. The largest absolute Gasteiger partial charge is 0.530 e. The molecule has 0 N–H and O–H groups in total. The molecule has 1 aliphatic heterocycles. The van der Waals surface area contributed by atoms with Gasteiger partial charge in [-0.3, -0.25) is 19.2 Å². The van der Waals surface area contributed by atoms with E-state index < -0.39 is 16.9 Å². The Kier molecular flexibility index (Phi) is 6.23. The van der Waals surface area contributed by atoms with Crippen LogP contribution in [0.15, 0.2) is 36.4 Å². The number of rotatable bonds is 5. The van der Waals surface area contributed by atoms with E-state index in [-0.39, 0.29) is 27.7 Å². The quantitative estimate of drug-likeness (QED) is 0.437. The number of amides is 2. The van der Waals surface area contributed by atoms with Crippen molar-refractivity contribution in [1.82, 2.24) is 5.06 Å². The van der Waals surface area contributed by atoms with Crippen molar-refractivity contribution in [3.05, 3.63) is 57.3 Å². The Morgan fingerprint density at radius 1 is 1.12 bits per heavy atom. The Morgan fingerprint density at radius 2 is 1.75 bits per heavy atom. The normalized spacial score (nSPS) is 12.8. The molecule has 2 aromatic rings. The van der Waals surface area contributed by atoms with Gasteiger partial charge in [0, 0.05) is 25.9 Å². The predicted molar refractivity (Wildman–Crippen MR) is 83.7 cm³/mol. The fourth-order valence-electron chi connectivity index (χ4n) is 2.07. The van der Waals surface area contributed by atoms with Gasteiger partial charge in [-0.2, -0.15) is 5.62 Å². The zero-order valence-electron chi connectivity index (χ0n) is 11.9. The summed E-state index contributed by atoms with van der Waals surface area (Å²) in [5, 5.41) is 0.316. The summed E-state index contributed by atoms with van der Waals surface area (Å²) in [6.45, 7) is -0.0289. The summed E-state index contributed by atoms with van der Waals surface area (Å²) in [5.74, 6) is -1.02. The molecule has 122 valence electrons. The fourth-order valence-corrected chi connectivity index (χ4v) is 3.31. The number of benzene rings is 1. The number of hydrogen-bond acceptors (Lipinski definition) is 7. The Bertz CT molecular complexity index is 785. The maximum atomic E-state index is 12.1. The minimum absolute atomic E-state index is 0. The maximum absolute atomic E-state index is 12.1. The third-order valence-corrected chi connectivity index (χ3v) is 4.77. The van der Waals surface area contributed by atoms with Gasteiger partial charge in [-0.15, -0.1) is 16.4 Å². The molecule has 0 fully saturated rings. The van der Waals surface area contributed by atoms with E-state index in [1.54, 1.807) is 36.4 Å². The van der Waals surface area contributed by atoms with Gasteiger partial charge < -0.3 is 4.79 Å². The van der Waals surface area contributed by atoms with Crippen molar-refractivity contribution in [3.63, 3.8) is 0 Å². The summed E-state index contributed by atoms with van der Waals surface area (Å²) in [6.07, 6.45) is 0. The first kappa shape index (κ1) is 18.7. The van der Waals surface area contributed by atoms with Crippen molar-refractivity contribution in [2.45, 2.75) is 6.61 Å². The number of carbonyl (C=O) groups excluding carboxylic acids is 4. The third-order valence-electron chi connectivity index (χ3n) is 3.09. The molecular formula is C15H8NO5S2W-. The van der Waals surface area contributed by atoms with Crippen molar-refractivity contribution in [2.24, 2.45) is 0 Å². The van der Waals surface area contributed by atoms with Crippen LogP contribution in [0.4, 0.5) is 0 Å². The van der Waals surface area contributed by atoms with Crippen molar-refractivity contribution < 1.29 is 45.1 Å². The van der Waals surface area contributed by atoms with Crippen LogP contribution in [0.25, 0.3) is 0 Å². The van der Waals surface area contributed by atoms with E-state index in [2.05, 4.69) is 0 Å². The number of carbonyl (C=O) groups is 3. The van der Waals surface area contributed by atoms with Gasteiger partial charge in [0.2, 0.25) is 5.12 Å². The van der Waals surface area contributed by atoms with Gasteiger partial charge in [-0.1, -0.05) is 12.1 Å². The molecule has 24 heavy (non-hydrogen) atoms. The molecule has 1 aromatic heterocycles. The number of thiophene rings is 1. The van der Waals surface area contributed by atoms with Crippen molar-refractivity contribution in [3.8, 4) is 0 Å². The van der Waals surface area contributed by atoms with Crippen LogP contribution in [0.3, 0.4) is 0 Å². The summed E-state index contributed by atoms with van der Waals surface area (Å²) in [5.41, 5.74) is 2.08. The second-order valence-electron chi connectivity index (χ2n) is 4.46. The molecule has 0 saturated carbocycles. The summed E-state index contributed by atoms with van der Waals surface area (Å²) in [7, 11) is 0. The average molecular weight is 530 g/mol. The average Bonchev–Trinajstić information content (AvgIpc) is 3.12. The third kappa shape index (κ3) is 3.57. The zero-order chi connectivity index (χ0) is 16.4. The van der Waals surface area contributed by atoms with Crippen LogP contribution in [0, 0.1) is 0 Å². The van der Waals surface area contributed by atoms with Crippen molar-refractivity contribution in [2.75, 3.05) is 0 Å². The van der Waals surface area contributed by atoms with Crippen molar-refractivity contribution >= 4 is 45.6 Å². The van der Waals surface area contributed by atoms with Crippen LogP contribution in [0.2, 0.25) is 0 Å². The van der Waals surface area contributed by atoms with Gasteiger partial charge in [0.05, 0.1) is 16.0 Å². The number of imide groups is 1. The first-order valence-electron chi connectivity index (χ1n) is 6.39. The molecule has 3 rings (SSSR count). The molecule has 0 aliphatic carbocycles. The summed E-state index contributed by atoms with van der Waals surface area (Å²) >= 11 is 1.57. The molecule has 0 spiro atoms. The van der Waals surface area contributed by atoms with Crippen LogP contribution in [-0.4, -0.2) is 27.6 Å². The Balaban J connectivity index is 0.00000208. The molecule has 2 amide bonds. The minimum atomic E-state index is -0.510. The maximum Gasteiger partial charge on any atom is 0.285 e. The van der Waals surface area contributed by atoms with E-state index in [1.165, 1.54) is 5.62 Å². The van der Waals surface area contributed by atoms with Gasteiger partial charge in [0.25, 0.3) is 11.8 Å². The van der Waals surface area contributed by atoms with E-state index in [4.69, 9.17) is 4.84 Å². The first-order chi connectivity index (χ1) is 11.1. The summed E-state index contributed by atoms with van der Waals surface area (Å²) in [6, 6.07) is 9.67. The molecule has 0 saturated heterocycles. The van der Waals surface area contributed by atoms with Gasteiger partial charge in [0.15, 0.2) is 0 Å². The first-order valence-corrected chi connectivity index (χ1v) is 8.03. The van der Waals surface area contributed by atoms with E-state index >= 15 is 0 Å². The molecule has 0 radical (unpaired) electrons. The molecule has 0 unspecified atom stereocenters. The molecular weight excluding hydrogens is 522 g/mol. The number of hydroxylamine groups is 2. The number of thioether (sulfide) groups is 1. The fraction of sp³-hybridized carbons (Fsp3) is 0.0667. The smallest absolute Gasteiger partial charge is 0.285 e. The summed E-state index contributed by atoms with van der Waals surface area (Å²) in [4.78, 5) is 52.3. The van der Waals surface area contributed by atoms with Crippen LogP contribution < -0.4 is 0 Å². The van der Waals surface area contributed by atoms with Gasteiger partial charge in [0.1, 0.15) is 6.61 Å². The van der Waals surface area contributed by atoms with E-state index in [9.17, 15) is 19.2 Å². The molecule has 0 bridgehead atoms. The molecule has 9 heteroatoms. The Labute approximate surface area is 159 Å². The zero-order valence-corrected chi connectivity index (χ0v) is 16.5. The number of hydrogen-bond donors (Lipinski definition) is 0. The van der Waals surface area contributed by atoms with Crippen LogP contribution >= 0.6 is 23.1 Å². The molecule has 6 nitrogen and oxygen atoms in total. The SMILES string of the molecule is O=[C-]SC(=O)c1ccc(CON2C(=O)c3ccccc3C2=O)s1.[W]. The topological polar surface area (TPSA) is 80.8 Å². The predicted octanol–water partition coefficient (Wildman–Crippen LogP) is 2.41. The molecule has 1 aliphatic rings. The van der Waals surface area contributed by atoms with Crippen LogP contribution in [-0.2, 0) is 37.3 Å².